The Labute approximate surface area is 76.0 Å². The Morgan fingerprint density at radius 2 is 1.93 bits per heavy atom. The van der Waals surface area contributed by atoms with E-state index in [-0.39, 0.29) is 5.69 Å². The topological polar surface area (TPSA) is 63.6 Å². The van der Waals surface area contributed by atoms with Gasteiger partial charge in [-0.25, -0.2) is 4.79 Å². The van der Waals surface area contributed by atoms with E-state index >= 15 is 0 Å². The lowest BCUT2D eigenvalue weighted by Gasteiger charge is -1.98. The smallest absolute Gasteiger partial charge is 0.295 e. The van der Waals surface area contributed by atoms with Gasteiger partial charge in [-0.05, 0) is 0 Å². The predicted molar refractivity (Wildman–Crippen MR) is 41.9 cm³/mol. The van der Waals surface area contributed by atoms with Gasteiger partial charge in [-0.1, -0.05) is 0 Å². The minimum atomic E-state index is -1.00. The fraction of sp³-hybridized carbons (Fsp3) is 0. The maximum atomic E-state index is 12.6. The zero-order valence-electron chi connectivity index (χ0n) is 6.74. The summed E-state index contributed by atoms with van der Waals surface area (Å²) in [7, 11) is 0. The van der Waals surface area contributed by atoms with E-state index in [1.807, 2.05) is 0 Å². The lowest BCUT2D eigenvalue weighted by Crippen LogP contribution is -2.16. The third-order valence-corrected chi connectivity index (χ3v) is 1.55. The van der Waals surface area contributed by atoms with Crippen molar-refractivity contribution in [2.45, 2.75) is 0 Å². The van der Waals surface area contributed by atoms with Gasteiger partial charge in [-0.2, -0.15) is 23.5 Å². The number of nitrogens with one attached hydrogen (secondary N) is 1. The number of hydrogen-bond acceptors (Lipinski definition) is 3. The van der Waals surface area contributed by atoms with Crippen LogP contribution in [0.2, 0.25) is 0 Å². The minimum Gasteiger partial charge on any atom is -0.295 e. The summed E-state index contributed by atoms with van der Waals surface area (Å²) in [4.78, 5) is 16.1. The molecule has 7 heteroatoms. The van der Waals surface area contributed by atoms with Crippen LogP contribution >= 0.6 is 0 Å². The molecule has 0 fully saturated rings. The Hall–Kier alpha value is -2.05. The predicted octanol–water partition coefficient (Wildman–Crippen LogP) is 0.234. The SMILES string of the molecule is O=c1[nH]cnn1-c1cc(F)nc(F)c1. The molecule has 2 aromatic heterocycles. The van der Waals surface area contributed by atoms with E-state index in [4.69, 9.17) is 0 Å². The van der Waals surface area contributed by atoms with Gasteiger partial charge in [0.05, 0.1) is 5.69 Å². The van der Waals surface area contributed by atoms with Gasteiger partial charge in [0.15, 0.2) is 0 Å². The minimum absolute atomic E-state index is 0.0127. The Kier molecular flexibility index (Phi) is 1.84. The third-order valence-electron chi connectivity index (χ3n) is 1.55. The van der Waals surface area contributed by atoms with Gasteiger partial charge in [0.2, 0.25) is 11.9 Å². The molecular formula is C7H4F2N4O. The van der Waals surface area contributed by atoms with Gasteiger partial charge in [0, 0.05) is 12.1 Å². The van der Waals surface area contributed by atoms with Crippen molar-refractivity contribution in [2.24, 2.45) is 0 Å². The molecule has 0 aliphatic carbocycles. The second-order valence-corrected chi connectivity index (χ2v) is 2.48. The lowest BCUT2D eigenvalue weighted by atomic mass is 10.4. The van der Waals surface area contributed by atoms with Gasteiger partial charge in [0.1, 0.15) is 6.33 Å². The van der Waals surface area contributed by atoms with Crippen molar-refractivity contribution in [3.8, 4) is 5.69 Å². The summed E-state index contributed by atoms with van der Waals surface area (Å²) in [5.74, 6) is -2.01. The number of nitrogens with zero attached hydrogens (tertiary/aromatic N) is 3. The summed E-state index contributed by atoms with van der Waals surface area (Å²) in [6.45, 7) is 0. The van der Waals surface area contributed by atoms with Gasteiger partial charge >= 0.3 is 5.69 Å². The first-order valence-corrected chi connectivity index (χ1v) is 3.63. The molecule has 0 amide bonds. The molecule has 0 aromatic carbocycles. The molecule has 0 spiro atoms. The van der Waals surface area contributed by atoms with Crippen LogP contribution in [0.3, 0.4) is 0 Å². The molecule has 1 N–H and O–H groups in total. The van der Waals surface area contributed by atoms with Crippen LogP contribution in [-0.2, 0) is 0 Å². The Balaban J connectivity index is 2.63. The quantitative estimate of drug-likeness (QED) is 0.667. The van der Waals surface area contributed by atoms with Crippen molar-refractivity contribution in [1.29, 1.82) is 0 Å². The molecule has 0 aliphatic rings. The number of rotatable bonds is 1. The summed E-state index contributed by atoms with van der Waals surface area (Å²) in [5, 5.41) is 3.56. The molecular weight excluding hydrogens is 194 g/mol. The van der Waals surface area contributed by atoms with Gasteiger partial charge in [0.25, 0.3) is 0 Å². The monoisotopic (exact) mass is 198 g/mol. The number of aromatic nitrogens is 4. The van der Waals surface area contributed by atoms with Crippen LogP contribution in [0.15, 0.2) is 23.3 Å². The summed E-state index contributed by atoms with van der Waals surface area (Å²) < 4.78 is 26.1. The van der Waals surface area contributed by atoms with E-state index < -0.39 is 17.6 Å². The fourth-order valence-corrected chi connectivity index (χ4v) is 1.01. The molecule has 0 radical (unpaired) electrons. The first-order valence-electron chi connectivity index (χ1n) is 3.63. The highest BCUT2D eigenvalue weighted by Crippen LogP contribution is 2.06. The zero-order valence-corrected chi connectivity index (χ0v) is 6.74. The van der Waals surface area contributed by atoms with Crippen molar-refractivity contribution in [2.75, 3.05) is 0 Å². The number of hydrogen-bond donors (Lipinski definition) is 1. The molecule has 72 valence electrons. The summed E-state index contributed by atoms with van der Waals surface area (Å²) in [6.07, 6.45) is 1.12. The van der Waals surface area contributed by atoms with Crippen LogP contribution in [0.25, 0.3) is 5.69 Å². The highest BCUT2D eigenvalue weighted by atomic mass is 19.1. The fourth-order valence-electron chi connectivity index (χ4n) is 1.01. The van der Waals surface area contributed by atoms with E-state index in [2.05, 4.69) is 15.1 Å². The normalized spacial score (nSPS) is 10.4. The van der Waals surface area contributed by atoms with E-state index in [1.165, 1.54) is 0 Å². The Bertz CT molecular complexity index is 498. The molecule has 5 nitrogen and oxygen atoms in total. The second-order valence-electron chi connectivity index (χ2n) is 2.48. The molecule has 2 heterocycles. The van der Waals surface area contributed by atoms with Crippen molar-refractivity contribution in [1.82, 2.24) is 19.7 Å². The van der Waals surface area contributed by atoms with Crippen LogP contribution in [0.1, 0.15) is 0 Å². The Morgan fingerprint density at radius 3 is 2.43 bits per heavy atom. The largest absolute Gasteiger partial charge is 0.347 e. The molecule has 0 bridgehead atoms. The highest BCUT2D eigenvalue weighted by molar-refractivity contribution is 5.27. The number of H-pyrrole nitrogens is 1. The average molecular weight is 198 g/mol. The molecule has 0 atom stereocenters. The summed E-state index contributed by atoms with van der Waals surface area (Å²) in [6, 6.07) is 1.82. The summed E-state index contributed by atoms with van der Waals surface area (Å²) >= 11 is 0. The molecule has 0 saturated heterocycles. The van der Waals surface area contributed by atoms with Crippen molar-refractivity contribution in [3.63, 3.8) is 0 Å². The molecule has 2 aromatic rings. The number of halogens is 2. The zero-order chi connectivity index (χ0) is 10.1. The van der Waals surface area contributed by atoms with Crippen molar-refractivity contribution in [3.05, 3.63) is 40.8 Å². The standard InChI is InChI=1S/C7H4F2N4O/c8-5-1-4(2-6(9)12-5)13-7(14)10-3-11-13/h1-3H,(H,10,11,14). The molecule has 0 unspecified atom stereocenters. The van der Waals surface area contributed by atoms with Crippen LogP contribution in [0, 0.1) is 11.9 Å². The van der Waals surface area contributed by atoms with Gasteiger partial charge < -0.3 is 0 Å². The van der Waals surface area contributed by atoms with Crippen LogP contribution in [0.4, 0.5) is 8.78 Å². The molecule has 2 rings (SSSR count). The van der Waals surface area contributed by atoms with Crippen molar-refractivity contribution < 1.29 is 8.78 Å². The lowest BCUT2D eigenvalue weighted by molar-refractivity contribution is 0.510. The van der Waals surface area contributed by atoms with Crippen LogP contribution < -0.4 is 5.69 Å². The first kappa shape index (κ1) is 8.54. The third kappa shape index (κ3) is 1.39. The van der Waals surface area contributed by atoms with Crippen molar-refractivity contribution >= 4 is 0 Å². The summed E-state index contributed by atoms with van der Waals surface area (Å²) in [5.41, 5.74) is -0.587. The van der Waals surface area contributed by atoms with Gasteiger partial charge in [-0.15, -0.1) is 0 Å². The van der Waals surface area contributed by atoms with E-state index in [1.54, 1.807) is 0 Å². The molecule has 0 saturated carbocycles. The van der Waals surface area contributed by atoms with Crippen LogP contribution in [0.5, 0.6) is 0 Å². The molecule has 14 heavy (non-hydrogen) atoms. The van der Waals surface area contributed by atoms with Crippen LogP contribution in [-0.4, -0.2) is 19.7 Å². The molecule has 0 aliphatic heterocycles. The second kappa shape index (κ2) is 3.02. The number of pyridine rings is 1. The van der Waals surface area contributed by atoms with Gasteiger partial charge in [-0.3, -0.25) is 4.98 Å². The maximum Gasteiger partial charge on any atom is 0.347 e. The maximum absolute atomic E-state index is 12.6. The Morgan fingerprint density at radius 1 is 1.29 bits per heavy atom. The highest BCUT2D eigenvalue weighted by Gasteiger charge is 2.06. The van der Waals surface area contributed by atoms with E-state index in [0.717, 1.165) is 23.1 Å². The number of aromatic amines is 1. The first-order chi connectivity index (χ1) is 6.66. The average Bonchev–Trinajstić information content (AvgIpc) is 2.49. The van der Waals surface area contributed by atoms with E-state index in [9.17, 15) is 13.6 Å². The van der Waals surface area contributed by atoms with E-state index in [0.29, 0.717) is 0 Å².